The van der Waals surface area contributed by atoms with Crippen molar-refractivity contribution < 1.29 is 19.2 Å². The Hall–Kier alpha value is -3.19. The number of carbonyl (C=O) groups is 1. The zero-order chi connectivity index (χ0) is 17.6. The summed E-state index contributed by atoms with van der Waals surface area (Å²) >= 11 is 1.34. The van der Waals surface area contributed by atoms with Crippen LogP contribution in [-0.4, -0.2) is 10.9 Å². The van der Waals surface area contributed by atoms with Crippen LogP contribution in [0.2, 0.25) is 0 Å². The molecule has 0 fully saturated rings. The van der Waals surface area contributed by atoms with Crippen LogP contribution in [0.1, 0.15) is 15.2 Å². The van der Waals surface area contributed by atoms with Crippen molar-refractivity contribution in [3.8, 4) is 11.5 Å². The lowest BCUT2D eigenvalue weighted by Crippen LogP contribution is -2.02. The number of non-ortho nitro benzene ring substituents is 1. The Morgan fingerprint density at radius 3 is 2.20 bits per heavy atom. The van der Waals surface area contributed by atoms with Crippen molar-refractivity contribution in [3.05, 3.63) is 86.6 Å². The summed E-state index contributed by atoms with van der Waals surface area (Å²) in [4.78, 5) is 22.5. The maximum atomic E-state index is 11.8. The summed E-state index contributed by atoms with van der Waals surface area (Å²) in [7, 11) is 0. The molecule has 0 saturated heterocycles. The smallest absolute Gasteiger partial charge is 0.348 e. The number of nitro benzene ring substituents is 1. The Balaban J connectivity index is 1.56. The van der Waals surface area contributed by atoms with Crippen molar-refractivity contribution in [2.45, 2.75) is 6.61 Å². The summed E-state index contributed by atoms with van der Waals surface area (Å²) in [6, 6.07) is 16.4. The number of rotatable bonds is 6. The second kappa shape index (κ2) is 7.59. The summed E-state index contributed by atoms with van der Waals surface area (Å²) in [6.45, 7) is 0.175. The first kappa shape index (κ1) is 16.7. The topological polar surface area (TPSA) is 78.7 Å². The standard InChI is InChI=1S/C18H13NO5S/c20-18(17-2-1-11-25-17)23-12-13-3-7-15(8-4-13)24-16-9-5-14(6-10-16)19(21)22/h1-11H,12H2. The van der Waals surface area contributed by atoms with Gasteiger partial charge in [-0.2, -0.15) is 0 Å². The highest BCUT2D eigenvalue weighted by atomic mass is 32.1. The SMILES string of the molecule is O=C(OCc1ccc(Oc2ccc([N+](=O)[O-])cc2)cc1)c1cccs1. The van der Waals surface area contributed by atoms with Gasteiger partial charge in [0.2, 0.25) is 0 Å². The van der Waals surface area contributed by atoms with Crippen LogP contribution >= 0.6 is 11.3 Å². The van der Waals surface area contributed by atoms with Gasteiger partial charge in [0.1, 0.15) is 23.0 Å². The quantitative estimate of drug-likeness (QED) is 0.360. The average Bonchev–Trinajstić information content (AvgIpc) is 3.16. The van der Waals surface area contributed by atoms with E-state index in [1.165, 1.54) is 35.6 Å². The van der Waals surface area contributed by atoms with Crippen LogP contribution in [0, 0.1) is 10.1 Å². The average molecular weight is 355 g/mol. The van der Waals surface area contributed by atoms with Gasteiger partial charge in [0, 0.05) is 12.1 Å². The monoisotopic (exact) mass is 355 g/mol. The van der Waals surface area contributed by atoms with Crippen LogP contribution < -0.4 is 4.74 Å². The van der Waals surface area contributed by atoms with Gasteiger partial charge in [-0.05, 0) is 41.3 Å². The molecule has 7 heteroatoms. The molecule has 3 rings (SSSR count). The first-order valence-electron chi connectivity index (χ1n) is 7.34. The number of hydrogen-bond acceptors (Lipinski definition) is 6. The molecule has 0 radical (unpaired) electrons. The fourth-order valence-electron chi connectivity index (χ4n) is 2.04. The second-order valence-electron chi connectivity index (χ2n) is 5.05. The van der Waals surface area contributed by atoms with Crippen LogP contribution in [0.15, 0.2) is 66.0 Å². The minimum atomic E-state index is -0.462. The van der Waals surface area contributed by atoms with E-state index < -0.39 is 4.92 Å². The zero-order valence-corrected chi connectivity index (χ0v) is 13.8. The number of nitrogens with zero attached hydrogens (tertiary/aromatic N) is 1. The molecule has 1 aromatic heterocycles. The summed E-state index contributed by atoms with van der Waals surface area (Å²) in [5, 5.41) is 12.4. The zero-order valence-electron chi connectivity index (χ0n) is 13.0. The number of ether oxygens (including phenoxy) is 2. The lowest BCUT2D eigenvalue weighted by atomic mass is 10.2. The molecule has 0 aliphatic carbocycles. The van der Waals surface area contributed by atoms with Crippen molar-refractivity contribution in [1.82, 2.24) is 0 Å². The van der Waals surface area contributed by atoms with Gasteiger partial charge in [0.15, 0.2) is 0 Å². The number of carbonyl (C=O) groups excluding carboxylic acids is 1. The molecule has 0 aliphatic heterocycles. The van der Waals surface area contributed by atoms with Crippen molar-refractivity contribution >= 4 is 23.0 Å². The number of nitro groups is 1. The minimum Gasteiger partial charge on any atom is -0.457 e. The van der Waals surface area contributed by atoms with Crippen LogP contribution in [0.5, 0.6) is 11.5 Å². The molecule has 0 N–H and O–H groups in total. The van der Waals surface area contributed by atoms with Crippen molar-refractivity contribution in [1.29, 1.82) is 0 Å². The Labute approximate surface area is 147 Å². The highest BCUT2D eigenvalue weighted by Crippen LogP contribution is 2.24. The third-order valence-corrected chi connectivity index (χ3v) is 4.15. The van der Waals surface area contributed by atoms with Crippen LogP contribution in [0.3, 0.4) is 0 Å². The molecule has 3 aromatic rings. The largest absolute Gasteiger partial charge is 0.457 e. The highest BCUT2D eigenvalue weighted by molar-refractivity contribution is 7.11. The van der Waals surface area contributed by atoms with Crippen LogP contribution in [-0.2, 0) is 11.3 Å². The molecule has 0 atom stereocenters. The van der Waals surface area contributed by atoms with Crippen LogP contribution in [0.25, 0.3) is 0 Å². The number of thiophene rings is 1. The first-order valence-corrected chi connectivity index (χ1v) is 8.22. The van der Waals surface area contributed by atoms with E-state index in [1.807, 2.05) is 5.38 Å². The van der Waals surface area contributed by atoms with E-state index in [0.717, 1.165) is 5.56 Å². The Morgan fingerprint density at radius 1 is 1.00 bits per heavy atom. The third kappa shape index (κ3) is 4.42. The van der Waals surface area contributed by atoms with E-state index in [0.29, 0.717) is 16.4 Å². The van der Waals surface area contributed by atoms with Crippen molar-refractivity contribution in [3.63, 3.8) is 0 Å². The lowest BCUT2D eigenvalue weighted by Gasteiger charge is -2.07. The maximum absolute atomic E-state index is 11.8. The van der Waals surface area contributed by atoms with E-state index in [-0.39, 0.29) is 18.3 Å². The van der Waals surface area contributed by atoms with Gasteiger partial charge in [-0.15, -0.1) is 11.3 Å². The molecule has 0 bridgehead atoms. The van der Waals surface area contributed by atoms with Crippen LogP contribution in [0.4, 0.5) is 5.69 Å². The second-order valence-corrected chi connectivity index (χ2v) is 6.00. The highest BCUT2D eigenvalue weighted by Gasteiger charge is 2.08. The molecular formula is C18H13NO5S. The van der Waals surface area contributed by atoms with Gasteiger partial charge in [0.25, 0.3) is 5.69 Å². The van der Waals surface area contributed by atoms with E-state index >= 15 is 0 Å². The van der Waals surface area contributed by atoms with Gasteiger partial charge in [-0.25, -0.2) is 4.79 Å². The Kier molecular flexibility index (Phi) is 5.06. The fraction of sp³-hybridized carbons (Fsp3) is 0.0556. The number of hydrogen-bond donors (Lipinski definition) is 0. The molecule has 1 heterocycles. The van der Waals surface area contributed by atoms with E-state index in [2.05, 4.69) is 0 Å². The lowest BCUT2D eigenvalue weighted by molar-refractivity contribution is -0.384. The van der Waals surface area contributed by atoms with E-state index in [9.17, 15) is 14.9 Å². The summed E-state index contributed by atoms with van der Waals surface area (Å²) in [6.07, 6.45) is 0. The molecule has 0 saturated carbocycles. The minimum absolute atomic E-state index is 0.00949. The van der Waals surface area contributed by atoms with Gasteiger partial charge < -0.3 is 9.47 Å². The van der Waals surface area contributed by atoms with E-state index in [4.69, 9.17) is 9.47 Å². The fourth-order valence-corrected chi connectivity index (χ4v) is 2.66. The maximum Gasteiger partial charge on any atom is 0.348 e. The normalized spacial score (nSPS) is 10.2. The number of benzene rings is 2. The molecule has 126 valence electrons. The van der Waals surface area contributed by atoms with Gasteiger partial charge >= 0.3 is 5.97 Å². The van der Waals surface area contributed by atoms with Gasteiger partial charge in [0.05, 0.1) is 4.92 Å². The summed E-state index contributed by atoms with van der Waals surface area (Å²) in [5.41, 5.74) is 0.844. The Bertz CT molecular complexity index is 857. The van der Waals surface area contributed by atoms with E-state index in [1.54, 1.807) is 36.4 Å². The molecular weight excluding hydrogens is 342 g/mol. The summed E-state index contributed by atoms with van der Waals surface area (Å²) < 4.78 is 10.9. The predicted molar refractivity (Wildman–Crippen MR) is 93.1 cm³/mol. The summed E-state index contributed by atoms with van der Waals surface area (Å²) in [5.74, 6) is 0.742. The molecule has 2 aromatic carbocycles. The molecule has 25 heavy (non-hydrogen) atoms. The van der Waals surface area contributed by atoms with Crippen molar-refractivity contribution in [2.75, 3.05) is 0 Å². The molecule has 0 spiro atoms. The van der Waals surface area contributed by atoms with Gasteiger partial charge in [-0.1, -0.05) is 18.2 Å². The third-order valence-electron chi connectivity index (χ3n) is 3.30. The van der Waals surface area contributed by atoms with Crippen molar-refractivity contribution in [2.24, 2.45) is 0 Å². The molecule has 0 amide bonds. The molecule has 0 aliphatic rings. The Morgan fingerprint density at radius 2 is 1.64 bits per heavy atom. The van der Waals surface area contributed by atoms with Gasteiger partial charge in [-0.3, -0.25) is 10.1 Å². The number of esters is 1. The molecule has 0 unspecified atom stereocenters. The first-order chi connectivity index (χ1) is 12.1. The molecule has 6 nitrogen and oxygen atoms in total. The predicted octanol–water partition coefficient (Wildman–Crippen LogP) is 4.81.